The highest BCUT2D eigenvalue weighted by atomic mass is 16.5. The van der Waals surface area contributed by atoms with E-state index in [9.17, 15) is 0 Å². The minimum absolute atomic E-state index is 0.288. The SMILES string of the molecule is CCCOCCN[C@@H](C)c1ccccn1. The highest BCUT2D eigenvalue weighted by Crippen LogP contribution is 2.06. The fourth-order valence-corrected chi connectivity index (χ4v) is 1.33. The Morgan fingerprint density at radius 1 is 1.40 bits per heavy atom. The third kappa shape index (κ3) is 4.91. The Labute approximate surface area is 91.9 Å². The zero-order valence-corrected chi connectivity index (χ0v) is 9.57. The van der Waals surface area contributed by atoms with Gasteiger partial charge in [-0.2, -0.15) is 0 Å². The van der Waals surface area contributed by atoms with Gasteiger partial charge in [-0.15, -0.1) is 0 Å². The molecule has 1 aromatic heterocycles. The van der Waals surface area contributed by atoms with Crippen LogP contribution in [0.3, 0.4) is 0 Å². The van der Waals surface area contributed by atoms with Gasteiger partial charge in [0.2, 0.25) is 0 Å². The summed E-state index contributed by atoms with van der Waals surface area (Å²) in [4.78, 5) is 4.29. The third-order valence-electron chi connectivity index (χ3n) is 2.18. The van der Waals surface area contributed by atoms with Crippen molar-refractivity contribution in [3.05, 3.63) is 30.1 Å². The van der Waals surface area contributed by atoms with Crippen LogP contribution >= 0.6 is 0 Å². The standard InChI is InChI=1S/C12H20N2O/c1-3-9-15-10-8-13-11(2)12-6-4-5-7-14-12/h4-7,11,13H,3,8-10H2,1-2H3/t11-/m0/s1. The highest BCUT2D eigenvalue weighted by molar-refractivity contribution is 5.07. The molecule has 0 saturated carbocycles. The zero-order valence-electron chi connectivity index (χ0n) is 9.57. The van der Waals surface area contributed by atoms with Crippen LogP contribution in [-0.4, -0.2) is 24.7 Å². The van der Waals surface area contributed by atoms with Crippen LogP contribution in [0.1, 0.15) is 32.0 Å². The molecule has 1 atom stereocenters. The number of nitrogens with one attached hydrogen (secondary N) is 1. The lowest BCUT2D eigenvalue weighted by Gasteiger charge is -2.12. The molecule has 0 spiro atoms. The van der Waals surface area contributed by atoms with Crippen LogP contribution in [0, 0.1) is 0 Å². The first-order valence-corrected chi connectivity index (χ1v) is 5.56. The van der Waals surface area contributed by atoms with E-state index in [2.05, 4.69) is 24.1 Å². The number of rotatable bonds is 7. The Balaban J connectivity index is 2.16. The van der Waals surface area contributed by atoms with Crippen molar-refractivity contribution in [1.29, 1.82) is 0 Å². The molecule has 0 radical (unpaired) electrons. The van der Waals surface area contributed by atoms with Crippen molar-refractivity contribution in [2.45, 2.75) is 26.3 Å². The molecule has 1 aromatic rings. The molecule has 0 aliphatic heterocycles. The molecule has 0 bridgehead atoms. The molecule has 0 aliphatic carbocycles. The predicted molar refractivity (Wildman–Crippen MR) is 61.8 cm³/mol. The van der Waals surface area contributed by atoms with E-state index in [0.717, 1.165) is 31.9 Å². The lowest BCUT2D eigenvalue weighted by molar-refractivity contribution is 0.134. The van der Waals surface area contributed by atoms with E-state index in [0.29, 0.717) is 0 Å². The summed E-state index contributed by atoms with van der Waals surface area (Å²) in [6.45, 7) is 6.72. The first kappa shape index (κ1) is 12.1. The molecule has 0 fully saturated rings. The molecule has 1 heterocycles. The molecule has 1 N–H and O–H groups in total. The van der Waals surface area contributed by atoms with E-state index in [1.807, 2.05) is 24.4 Å². The fraction of sp³-hybridized carbons (Fsp3) is 0.583. The molecule has 0 unspecified atom stereocenters. The van der Waals surface area contributed by atoms with Gasteiger partial charge >= 0.3 is 0 Å². The van der Waals surface area contributed by atoms with Gasteiger partial charge in [-0.05, 0) is 25.5 Å². The predicted octanol–water partition coefficient (Wildman–Crippen LogP) is 2.16. The lowest BCUT2D eigenvalue weighted by Crippen LogP contribution is -2.24. The maximum atomic E-state index is 5.39. The summed E-state index contributed by atoms with van der Waals surface area (Å²) in [7, 11) is 0. The third-order valence-corrected chi connectivity index (χ3v) is 2.18. The Morgan fingerprint density at radius 3 is 2.93 bits per heavy atom. The maximum Gasteiger partial charge on any atom is 0.0591 e. The quantitative estimate of drug-likeness (QED) is 0.697. The van der Waals surface area contributed by atoms with Gasteiger partial charge < -0.3 is 10.1 Å². The molecule has 0 aromatic carbocycles. The van der Waals surface area contributed by atoms with E-state index in [4.69, 9.17) is 4.74 Å². The highest BCUT2D eigenvalue weighted by Gasteiger charge is 2.03. The number of aromatic nitrogens is 1. The second-order valence-electron chi connectivity index (χ2n) is 3.54. The van der Waals surface area contributed by atoms with Crippen molar-refractivity contribution >= 4 is 0 Å². The zero-order chi connectivity index (χ0) is 10.9. The Kier molecular flexibility index (Phi) is 5.97. The molecular formula is C12H20N2O. The molecule has 3 heteroatoms. The number of ether oxygens (including phenoxy) is 1. The molecule has 3 nitrogen and oxygen atoms in total. The van der Waals surface area contributed by atoms with Gasteiger partial charge in [-0.25, -0.2) is 0 Å². The lowest BCUT2D eigenvalue weighted by atomic mass is 10.2. The Bertz CT molecular complexity index is 251. The molecule has 1 rings (SSSR count). The average Bonchev–Trinajstić information content (AvgIpc) is 2.30. The first-order chi connectivity index (χ1) is 7.34. The van der Waals surface area contributed by atoms with Gasteiger partial charge in [0.05, 0.1) is 12.3 Å². The minimum Gasteiger partial charge on any atom is -0.380 e. The summed E-state index contributed by atoms with van der Waals surface area (Å²) in [6, 6.07) is 6.26. The van der Waals surface area contributed by atoms with E-state index < -0.39 is 0 Å². The second-order valence-corrected chi connectivity index (χ2v) is 3.54. The van der Waals surface area contributed by atoms with Gasteiger partial charge in [0.25, 0.3) is 0 Å². The van der Waals surface area contributed by atoms with E-state index in [1.54, 1.807) is 0 Å². The molecule has 0 aliphatic rings. The van der Waals surface area contributed by atoms with E-state index in [-0.39, 0.29) is 6.04 Å². The van der Waals surface area contributed by atoms with Gasteiger partial charge in [-0.3, -0.25) is 4.98 Å². The van der Waals surface area contributed by atoms with Crippen LogP contribution < -0.4 is 5.32 Å². The summed E-state index contributed by atoms with van der Waals surface area (Å²) in [5.74, 6) is 0. The maximum absolute atomic E-state index is 5.39. The van der Waals surface area contributed by atoms with Gasteiger partial charge in [0.15, 0.2) is 0 Å². The number of hydrogen-bond donors (Lipinski definition) is 1. The van der Waals surface area contributed by atoms with Crippen LogP contribution in [-0.2, 0) is 4.74 Å². The van der Waals surface area contributed by atoms with Crippen LogP contribution in [0.15, 0.2) is 24.4 Å². The van der Waals surface area contributed by atoms with Crippen molar-refractivity contribution in [3.63, 3.8) is 0 Å². The molecule has 0 saturated heterocycles. The number of hydrogen-bond acceptors (Lipinski definition) is 3. The van der Waals surface area contributed by atoms with Crippen LogP contribution in [0.5, 0.6) is 0 Å². The first-order valence-electron chi connectivity index (χ1n) is 5.56. The van der Waals surface area contributed by atoms with Crippen molar-refractivity contribution < 1.29 is 4.74 Å². The average molecular weight is 208 g/mol. The topological polar surface area (TPSA) is 34.1 Å². The Morgan fingerprint density at radius 2 is 2.27 bits per heavy atom. The second kappa shape index (κ2) is 7.37. The van der Waals surface area contributed by atoms with Crippen molar-refractivity contribution in [2.24, 2.45) is 0 Å². The summed E-state index contributed by atoms with van der Waals surface area (Å²) < 4.78 is 5.39. The Hall–Kier alpha value is -0.930. The number of nitrogens with zero attached hydrogens (tertiary/aromatic N) is 1. The largest absolute Gasteiger partial charge is 0.380 e. The summed E-state index contributed by atoms with van der Waals surface area (Å²) in [5, 5.41) is 3.37. The van der Waals surface area contributed by atoms with Gasteiger partial charge in [-0.1, -0.05) is 13.0 Å². The van der Waals surface area contributed by atoms with E-state index in [1.165, 1.54) is 0 Å². The molecular weight excluding hydrogens is 188 g/mol. The van der Waals surface area contributed by atoms with Crippen LogP contribution in [0.2, 0.25) is 0 Å². The summed E-state index contributed by atoms with van der Waals surface area (Å²) in [6.07, 6.45) is 2.90. The minimum atomic E-state index is 0.288. The molecule has 84 valence electrons. The smallest absolute Gasteiger partial charge is 0.0591 e. The molecule has 0 amide bonds. The van der Waals surface area contributed by atoms with Crippen LogP contribution in [0.25, 0.3) is 0 Å². The number of pyridine rings is 1. The van der Waals surface area contributed by atoms with Gasteiger partial charge in [0, 0.05) is 25.4 Å². The summed E-state index contributed by atoms with van der Waals surface area (Å²) >= 11 is 0. The van der Waals surface area contributed by atoms with Crippen LogP contribution in [0.4, 0.5) is 0 Å². The van der Waals surface area contributed by atoms with Crippen molar-refractivity contribution in [2.75, 3.05) is 19.8 Å². The van der Waals surface area contributed by atoms with Gasteiger partial charge in [0.1, 0.15) is 0 Å². The fourth-order valence-electron chi connectivity index (χ4n) is 1.33. The summed E-state index contributed by atoms with van der Waals surface area (Å²) in [5.41, 5.74) is 1.08. The normalized spacial score (nSPS) is 12.7. The van der Waals surface area contributed by atoms with Crippen molar-refractivity contribution in [3.8, 4) is 0 Å². The van der Waals surface area contributed by atoms with E-state index >= 15 is 0 Å². The van der Waals surface area contributed by atoms with Crippen molar-refractivity contribution in [1.82, 2.24) is 10.3 Å². The monoisotopic (exact) mass is 208 g/mol. The molecule has 15 heavy (non-hydrogen) atoms.